The number of rotatable bonds is 6. The molecule has 27 heavy (non-hydrogen) atoms. The maximum atomic E-state index is 12.2. The van der Waals surface area contributed by atoms with E-state index in [0.717, 1.165) is 17.1 Å². The number of hydrogen-bond donors (Lipinski definition) is 3. The molecular weight excluding hydrogens is 360 g/mol. The van der Waals surface area contributed by atoms with Gasteiger partial charge in [-0.2, -0.15) is 0 Å². The largest absolute Gasteiger partial charge is 0.341 e. The van der Waals surface area contributed by atoms with Crippen LogP contribution in [-0.2, 0) is 17.6 Å². The Morgan fingerprint density at radius 3 is 2.30 bits per heavy atom. The van der Waals surface area contributed by atoms with Gasteiger partial charge in [-0.3, -0.25) is 4.79 Å². The van der Waals surface area contributed by atoms with Gasteiger partial charge in [-0.15, -0.1) is 11.3 Å². The summed E-state index contributed by atoms with van der Waals surface area (Å²) in [6, 6.07) is 16.8. The maximum Gasteiger partial charge on any atom is 0.318 e. The fourth-order valence-corrected chi connectivity index (χ4v) is 3.31. The molecule has 3 amide bonds. The van der Waals surface area contributed by atoms with E-state index in [2.05, 4.69) is 33.1 Å². The third-order valence-electron chi connectivity index (χ3n) is 3.79. The molecule has 0 aliphatic heterocycles. The van der Waals surface area contributed by atoms with Gasteiger partial charge < -0.3 is 16.0 Å². The molecule has 2 aromatic carbocycles. The molecule has 0 spiro atoms. The van der Waals surface area contributed by atoms with Gasteiger partial charge in [0.1, 0.15) is 0 Å². The highest BCUT2D eigenvalue weighted by Gasteiger charge is 2.09. The minimum atomic E-state index is -0.290. The molecule has 3 aromatic rings. The average Bonchev–Trinajstić information content (AvgIpc) is 3.10. The number of nitrogens with zero attached hydrogens (tertiary/aromatic N) is 1. The predicted molar refractivity (Wildman–Crippen MR) is 108 cm³/mol. The van der Waals surface area contributed by atoms with E-state index in [0.29, 0.717) is 11.4 Å². The van der Waals surface area contributed by atoms with Crippen molar-refractivity contribution in [3.63, 3.8) is 0 Å². The summed E-state index contributed by atoms with van der Waals surface area (Å²) in [6.07, 6.45) is 0.996. The summed E-state index contributed by atoms with van der Waals surface area (Å²) in [4.78, 5) is 28.0. The number of carbonyl (C=O) groups is 2. The summed E-state index contributed by atoms with van der Waals surface area (Å²) in [5, 5.41) is 10.9. The minimum absolute atomic E-state index is 0.126. The summed E-state index contributed by atoms with van der Waals surface area (Å²) in [5.74, 6) is -0.126. The molecular formula is C20H20N4O2S. The van der Waals surface area contributed by atoms with E-state index in [-0.39, 0.29) is 18.4 Å². The topological polar surface area (TPSA) is 83.1 Å². The van der Waals surface area contributed by atoms with Gasteiger partial charge in [-0.25, -0.2) is 9.78 Å². The Kier molecular flexibility index (Phi) is 6.17. The molecule has 0 radical (unpaired) electrons. The highest BCUT2D eigenvalue weighted by molar-refractivity contribution is 7.09. The highest BCUT2D eigenvalue weighted by atomic mass is 32.1. The summed E-state index contributed by atoms with van der Waals surface area (Å²) in [5.41, 5.74) is 3.29. The van der Waals surface area contributed by atoms with Crippen LogP contribution in [0.5, 0.6) is 0 Å². The molecule has 0 aliphatic carbocycles. The van der Waals surface area contributed by atoms with Crippen molar-refractivity contribution < 1.29 is 9.59 Å². The normalized spacial score (nSPS) is 10.3. The molecule has 7 heteroatoms. The Labute approximate surface area is 161 Å². The first-order valence-electron chi connectivity index (χ1n) is 8.48. The van der Waals surface area contributed by atoms with Crippen LogP contribution in [0.2, 0.25) is 0 Å². The van der Waals surface area contributed by atoms with E-state index in [1.165, 1.54) is 5.56 Å². The zero-order chi connectivity index (χ0) is 19.1. The Hall–Kier alpha value is -3.19. The van der Waals surface area contributed by atoms with Gasteiger partial charge in [0, 0.05) is 30.2 Å². The summed E-state index contributed by atoms with van der Waals surface area (Å²) in [6.45, 7) is 0. The first-order valence-corrected chi connectivity index (χ1v) is 9.36. The SMILES string of the molecule is CNC(=O)Nc1ccc(NC(=O)Cc2csc(Cc3ccccc3)n2)cc1. The molecule has 0 fully saturated rings. The van der Waals surface area contributed by atoms with E-state index in [9.17, 15) is 9.59 Å². The van der Waals surface area contributed by atoms with Crippen LogP contribution in [0.3, 0.4) is 0 Å². The lowest BCUT2D eigenvalue weighted by molar-refractivity contribution is -0.115. The zero-order valence-corrected chi connectivity index (χ0v) is 15.7. The third-order valence-corrected chi connectivity index (χ3v) is 4.69. The zero-order valence-electron chi connectivity index (χ0n) is 14.9. The van der Waals surface area contributed by atoms with Gasteiger partial charge in [0.15, 0.2) is 0 Å². The fraction of sp³-hybridized carbons (Fsp3) is 0.150. The first kappa shape index (κ1) is 18.6. The molecule has 0 aliphatic rings. The maximum absolute atomic E-state index is 12.2. The summed E-state index contributed by atoms with van der Waals surface area (Å²) >= 11 is 1.57. The Morgan fingerprint density at radius 1 is 0.963 bits per heavy atom. The van der Waals surface area contributed by atoms with Crippen molar-refractivity contribution in [2.75, 3.05) is 17.7 Å². The number of aromatic nitrogens is 1. The third kappa shape index (κ3) is 5.65. The lowest BCUT2D eigenvalue weighted by Gasteiger charge is -2.07. The second-order valence-corrected chi connectivity index (χ2v) is 6.84. The number of nitrogens with one attached hydrogen (secondary N) is 3. The van der Waals surface area contributed by atoms with Crippen molar-refractivity contribution in [3.8, 4) is 0 Å². The smallest absolute Gasteiger partial charge is 0.318 e. The van der Waals surface area contributed by atoms with Crippen LogP contribution < -0.4 is 16.0 Å². The van der Waals surface area contributed by atoms with Crippen molar-refractivity contribution in [3.05, 3.63) is 76.2 Å². The lowest BCUT2D eigenvalue weighted by atomic mass is 10.2. The number of carbonyl (C=O) groups excluding carboxylic acids is 2. The summed E-state index contributed by atoms with van der Waals surface area (Å²) < 4.78 is 0. The van der Waals surface area contributed by atoms with Gasteiger partial charge in [0.05, 0.1) is 17.1 Å². The van der Waals surface area contributed by atoms with Crippen LogP contribution in [0.25, 0.3) is 0 Å². The van der Waals surface area contributed by atoms with Gasteiger partial charge >= 0.3 is 6.03 Å². The molecule has 1 heterocycles. The van der Waals surface area contributed by atoms with Crippen molar-refractivity contribution in [2.45, 2.75) is 12.8 Å². The number of anilines is 2. The van der Waals surface area contributed by atoms with Gasteiger partial charge in [0.2, 0.25) is 5.91 Å². The Bertz CT molecular complexity index is 907. The molecule has 0 saturated heterocycles. The molecule has 0 saturated carbocycles. The lowest BCUT2D eigenvalue weighted by Crippen LogP contribution is -2.24. The Morgan fingerprint density at radius 2 is 1.63 bits per heavy atom. The second-order valence-electron chi connectivity index (χ2n) is 5.90. The monoisotopic (exact) mass is 380 g/mol. The fourth-order valence-electron chi connectivity index (χ4n) is 2.48. The van der Waals surface area contributed by atoms with E-state index in [1.54, 1.807) is 42.6 Å². The summed E-state index contributed by atoms with van der Waals surface area (Å²) in [7, 11) is 1.55. The van der Waals surface area contributed by atoms with E-state index >= 15 is 0 Å². The molecule has 0 bridgehead atoms. The van der Waals surface area contributed by atoms with Crippen LogP contribution in [0.4, 0.5) is 16.2 Å². The van der Waals surface area contributed by atoms with Crippen LogP contribution in [0.1, 0.15) is 16.3 Å². The molecule has 3 N–H and O–H groups in total. The number of urea groups is 1. The molecule has 6 nitrogen and oxygen atoms in total. The van der Waals surface area contributed by atoms with Crippen LogP contribution in [-0.4, -0.2) is 24.0 Å². The number of benzene rings is 2. The second kappa shape index (κ2) is 8.95. The number of thiazole rings is 1. The van der Waals surface area contributed by atoms with Crippen molar-refractivity contribution in [1.82, 2.24) is 10.3 Å². The standard InChI is InChI=1S/C20H20N4O2S/c1-21-20(26)24-16-9-7-15(8-10-16)22-18(25)12-17-13-27-19(23-17)11-14-5-3-2-4-6-14/h2-10,13H,11-12H2,1H3,(H,22,25)(H2,21,24,26). The van der Waals surface area contributed by atoms with Crippen LogP contribution in [0, 0.1) is 0 Å². The minimum Gasteiger partial charge on any atom is -0.341 e. The number of amides is 3. The molecule has 1 aromatic heterocycles. The van der Waals surface area contributed by atoms with E-state index in [1.807, 2.05) is 23.6 Å². The van der Waals surface area contributed by atoms with Gasteiger partial charge in [-0.05, 0) is 29.8 Å². The van der Waals surface area contributed by atoms with Crippen molar-refractivity contribution in [1.29, 1.82) is 0 Å². The van der Waals surface area contributed by atoms with Gasteiger partial charge in [-0.1, -0.05) is 30.3 Å². The average molecular weight is 380 g/mol. The quantitative estimate of drug-likeness (QED) is 0.610. The van der Waals surface area contributed by atoms with E-state index in [4.69, 9.17) is 0 Å². The molecule has 0 atom stereocenters. The number of hydrogen-bond acceptors (Lipinski definition) is 4. The molecule has 0 unspecified atom stereocenters. The first-order chi connectivity index (χ1) is 13.1. The van der Waals surface area contributed by atoms with Crippen LogP contribution >= 0.6 is 11.3 Å². The van der Waals surface area contributed by atoms with Crippen molar-refractivity contribution in [2.24, 2.45) is 0 Å². The van der Waals surface area contributed by atoms with Crippen LogP contribution in [0.15, 0.2) is 60.0 Å². The molecule has 138 valence electrons. The Balaban J connectivity index is 1.53. The van der Waals surface area contributed by atoms with E-state index < -0.39 is 0 Å². The molecule has 3 rings (SSSR count). The van der Waals surface area contributed by atoms with Gasteiger partial charge in [0.25, 0.3) is 0 Å². The van der Waals surface area contributed by atoms with Crippen molar-refractivity contribution >= 4 is 34.6 Å². The predicted octanol–water partition coefficient (Wildman–Crippen LogP) is 3.67. The highest BCUT2D eigenvalue weighted by Crippen LogP contribution is 2.17.